The fraction of sp³-hybridized carbons (Fsp3) is 0.278. The Morgan fingerprint density at radius 1 is 1.05 bits per heavy atom. The molecule has 3 nitrogen and oxygen atoms in total. The Morgan fingerprint density at radius 2 is 1.71 bits per heavy atom. The zero-order chi connectivity index (χ0) is 15.6. The molecule has 3 heteroatoms. The third kappa shape index (κ3) is 3.43. The molecule has 1 N–H and O–H groups in total. The van der Waals surface area contributed by atoms with Gasteiger partial charge < -0.3 is 9.84 Å². The standard InChI is InChI=1S/C18H20O3/c1-12-7-5-6-8-15(12)21-16-11-13(17(19)20)9-10-14(16)18(2,3)4/h5-11H,1-4H3,(H,19,20). The van der Waals surface area contributed by atoms with Crippen LogP contribution in [0.3, 0.4) is 0 Å². The van der Waals surface area contributed by atoms with Crippen LogP contribution in [0.5, 0.6) is 11.5 Å². The number of rotatable bonds is 3. The number of aryl methyl sites for hydroxylation is 1. The van der Waals surface area contributed by atoms with E-state index >= 15 is 0 Å². The summed E-state index contributed by atoms with van der Waals surface area (Å²) in [4.78, 5) is 11.2. The second-order valence-corrected chi connectivity index (χ2v) is 6.13. The maximum atomic E-state index is 11.2. The van der Waals surface area contributed by atoms with Crippen molar-refractivity contribution in [2.45, 2.75) is 33.1 Å². The number of para-hydroxylation sites is 1. The quantitative estimate of drug-likeness (QED) is 0.882. The molecule has 0 radical (unpaired) electrons. The maximum absolute atomic E-state index is 11.2. The molecule has 2 rings (SSSR count). The van der Waals surface area contributed by atoms with Crippen molar-refractivity contribution in [2.75, 3.05) is 0 Å². The van der Waals surface area contributed by atoms with Crippen molar-refractivity contribution in [1.82, 2.24) is 0 Å². The van der Waals surface area contributed by atoms with Crippen LogP contribution in [0, 0.1) is 6.92 Å². The van der Waals surface area contributed by atoms with Gasteiger partial charge in [-0.2, -0.15) is 0 Å². The highest BCUT2D eigenvalue weighted by molar-refractivity contribution is 5.88. The second kappa shape index (κ2) is 5.60. The van der Waals surface area contributed by atoms with E-state index in [0.717, 1.165) is 16.9 Å². The molecule has 0 aliphatic rings. The van der Waals surface area contributed by atoms with Crippen LogP contribution >= 0.6 is 0 Å². The van der Waals surface area contributed by atoms with E-state index in [1.54, 1.807) is 12.1 Å². The minimum absolute atomic E-state index is 0.130. The van der Waals surface area contributed by atoms with Crippen LogP contribution in [0.25, 0.3) is 0 Å². The normalized spacial score (nSPS) is 11.2. The summed E-state index contributed by atoms with van der Waals surface area (Å²) in [7, 11) is 0. The zero-order valence-corrected chi connectivity index (χ0v) is 12.8. The first-order valence-corrected chi connectivity index (χ1v) is 6.90. The van der Waals surface area contributed by atoms with Crippen LogP contribution in [0.2, 0.25) is 0 Å². The van der Waals surface area contributed by atoms with Crippen LogP contribution in [-0.2, 0) is 5.41 Å². The number of aromatic carboxylic acids is 1. The van der Waals surface area contributed by atoms with Crippen LogP contribution < -0.4 is 4.74 Å². The van der Waals surface area contributed by atoms with Gasteiger partial charge in [0, 0.05) is 5.56 Å². The molecule has 0 aromatic heterocycles. The largest absolute Gasteiger partial charge is 0.478 e. The second-order valence-electron chi connectivity index (χ2n) is 6.13. The van der Waals surface area contributed by atoms with Gasteiger partial charge in [0.05, 0.1) is 5.56 Å². The Bertz CT molecular complexity index is 666. The maximum Gasteiger partial charge on any atom is 0.335 e. The summed E-state index contributed by atoms with van der Waals surface area (Å²) < 4.78 is 5.99. The number of ether oxygens (including phenoxy) is 1. The Kier molecular flexibility index (Phi) is 4.03. The molecule has 0 aliphatic carbocycles. The highest BCUT2D eigenvalue weighted by Crippen LogP contribution is 2.35. The van der Waals surface area contributed by atoms with Gasteiger partial charge in [-0.3, -0.25) is 0 Å². The summed E-state index contributed by atoms with van der Waals surface area (Å²) in [6.45, 7) is 8.20. The lowest BCUT2D eigenvalue weighted by Crippen LogP contribution is -2.13. The Labute approximate surface area is 125 Å². The average Bonchev–Trinajstić information content (AvgIpc) is 2.40. The number of carboxylic acids is 1. The average molecular weight is 284 g/mol. The fourth-order valence-corrected chi connectivity index (χ4v) is 2.15. The number of carbonyl (C=O) groups is 1. The molecular formula is C18H20O3. The predicted octanol–water partition coefficient (Wildman–Crippen LogP) is 4.78. The topological polar surface area (TPSA) is 46.5 Å². The zero-order valence-electron chi connectivity index (χ0n) is 12.8. The van der Waals surface area contributed by atoms with Gasteiger partial charge in [-0.05, 0) is 36.1 Å². The third-order valence-corrected chi connectivity index (χ3v) is 3.35. The lowest BCUT2D eigenvalue weighted by atomic mass is 9.86. The number of carboxylic acid groups (broad SMARTS) is 1. The molecule has 0 bridgehead atoms. The van der Waals surface area contributed by atoms with E-state index in [-0.39, 0.29) is 11.0 Å². The molecule has 2 aromatic carbocycles. The van der Waals surface area contributed by atoms with Gasteiger partial charge in [-0.25, -0.2) is 4.79 Å². The number of benzene rings is 2. The Balaban J connectivity index is 2.51. The van der Waals surface area contributed by atoms with Gasteiger partial charge in [0.1, 0.15) is 11.5 Å². The van der Waals surface area contributed by atoms with E-state index in [1.165, 1.54) is 0 Å². The van der Waals surface area contributed by atoms with Crippen molar-refractivity contribution in [2.24, 2.45) is 0 Å². The predicted molar refractivity (Wildman–Crippen MR) is 83.4 cm³/mol. The van der Waals surface area contributed by atoms with Crippen molar-refractivity contribution in [1.29, 1.82) is 0 Å². The monoisotopic (exact) mass is 284 g/mol. The molecule has 0 saturated heterocycles. The molecular weight excluding hydrogens is 264 g/mol. The molecule has 21 heavy (non-hydrogen) atoms. The minimum atomic E-state index is -0.954. The fourth-order valence-electron chi connectivity index (χ4n) is 2.15. The van der Waals surface area contributed by atoms with Crippen LogP contribution in [0.15, 0.2) is 42.5 Å². The van der Waals surface area contributed by atoms with Crippen molar-refractivity contribution < 1.29 is 14.6 Å². The summed E-state index contributed by atoms with van der Waals surface area (Å²) >= 11 is 0. The molecule has 0 saturated carbocycles. The minimum Gasteiger partial charge on any atom is -0.478 e. The first-order chi connectivity index (χ1) is 9.79. The Morgan fingerprint density at radius 3 is 2.29 bits per heavy atom. The highest BCUT2D eigenvalue weighted by atomic mass is 16.5. The molecule has 110 valence electrons. The van der Waals surface area contributed by atoms with Crippen LogP contribution in [0.4, 0.5) is 0 Å². The van der Waals surface area contributed by atoms with Crippen molar-refractivity contribution in [3.8, 4) is 11.5 Å². The molecule has 0 spiro atoms. The van der Waals surface area contributed by atoms with Crippen LogP contribution in [-0.4, -0.2) is 11.1 Å². The van der Waals surface area contributed by atoms with E-state index in [9.17, 15) is 4.79 Å². The van der Waals surface area contributed by atoms with Gasteiger partial charge in [-0.1, -0.05) is 45.0 Å². The third-order valence-electron chi connectivity index (χ3n) is 3.35. The van der Waals surface area contributed by atoms with E-state index in [0.29, 0.717) is 5.75 Å². The number of hydrogen-bond acceptors (Lipinski definition) is 2. The smallest absolute Gasteiger partial charge is 0.335 e. The van der Waals surface area contributed by atoms with E-state index < -0.39 is 5.97 Å². The van der Waals surface area contributed by atoms with Crippen LogP contribution in [0.1, 0.15) is 42.3 Å². The molecule has 2 aromatic rings. The summed E-state index contributed by atoms with van der Waals surface area (Å²) in [6.07, 6.45) is 0. The SMILES string of the molecule is Cc1ccccc1Oc1cc(C(=O)O)ccc1C(C)(C)C. The first kappa shape index (κ1) is 15.1. The molecule has 0 fully saturated rings. The van der Waals surface area contributed by atoms with Gasteiger partial charge in [0.25, 0.3) is 0 Å². The molecule has 0 unspecified atom stereocenters. The molecule has 0 atom stereocenters. The van der Waals surface area contributed by atoms with Crippen molar-refractivity contribution in [3.63, 3.8) is 0 Å². The number of hydrogen-bond donors (Lipinski definition) is 1. The summed E-state index contributed by atoms with van der Waals surface area (Å²) in [5.74, 6) is 0.382. The molecule has 0 aliphatic heterocycles. The summed E-state index contributed by atoms with van der Waals surface area (Å²) in [6, 6.07) is 12.7. The highest BCUT2D eigenvalue weighted by Gasteiger charge is 2.21. The van der Waals surface area contributed by atoms with Gasteiger partial charge in [0.15, 0.2) is 0 Å². The van der Waals surface area contributed by atoms with Gasteiger partial charge >= 0.3 is 5.97 Å². The first-order valence-electron chi connectivity index (χ1n) is 6.90. The van der Waals surface area contributed by atoms with Crippen molar-refractivity contribution >= 4 is 5.97 Å². The molecule has 0 amide bonds. The van der Waals surface area contributed by atoms with Crippen molar-refractivity contribution in [3.05, 3.63) is 59.2 Å². The Hall–Kier alpha value is -2.29. The van der Waals surface area contributed by atoms with E-state index in [2.05, 4.69) is 20.8 Å². The molecule has 0 heterocycles. The summed E-state index contributed by atoms with van der Waals surface area (Å²) in [5, 5.41) is 9.17. The lowest BCUT2D eigenvalue weighted by Gasteiger charge is -2.23. The summed E-state index contributed by atoms with van der Waals surface area (Å²) in [5.41, 5.74) is 2.09. The lowest BCUT2D eigenvalue weighted by molar-refractivity contribution is 0.0696. The van der Waals surface area contributed by atoms with Gasteiger partial charge in [0.2, 0.25) is 0 Å². The van der Waals surface area contributed by atoms with E-state index in [4.69, 9.17) is 9.84 Å². The van der Waals surface area contributed by atoms with Gasteiger partial charge in [-0.15, -0.1) is 0 Å². The van der Waals surface area contributed by atoms with E-state index in [1.807, 2.05) is 37.3 Å².